The van der Waals surface area contributed by atoms with E-state index in [1.807, 2.05) is 65.4 Å². The number of likely N-dealkylation sites (tertiary alicyclic amines) is 1. The number of nitrogens with zero attached hydrogens (tertiary/aromatic N) is 3. The zero-order valence-electron chi connectivity index (χ0n) is 30.1. The highest BCUT2D eigenvalue weighted by Crippen LogP contribution is 2.29. The molecule has 0 unspecified atom stereocenters. The summed E-state index contributed by atoms with van der Waals surface area (Å²) in [4.78, 5) is 59.4. The van der Waals surface area contributed by atoms with Gasteiger partial charge >= 0.3 is 0 Å². The Labute approximate surface area is 272 Å². The highest BCUT2D eigenvalue weighted by Gasteiger charge is 2.43. The van der Waals surface area contributed by atoms with Crippen molar-refractivity contribution in [2.24, 2.45) is 29.4 Å². The average Bonchev–Trinajstić information content (AvgIpc) is 3.46. The maximum Gasteiger partial charge on any atom is 0.245 e. The van der Waals surface area contributed by atoms with Crippen LogP contribution in [0.2, 0.25) is 0 Å². The molecule has 8 atom stereocenters. The minimum absolute atomic E-state index is 0.0118. The molecule has 262 valence electrons. The minimum atomic E-state index is -0.735. The molecule has 0 aromatic carbocycles. The van der Waals surface area contributed by atoms with Gasteiger partial charge in [-0.3, -0.25) is 24.1 Å². The van der Waals surface area contributed by atoms with E-state index in [0.717, 1.165) is 19.3 Å². The Morgan fingerprint density at radius 3 is 2.04 bits per heavy atom. The van der Waals surface area contributed by atoms with Crippen LogP contribution in [0.1, 0.15) is 74.1 Å². The molecule has 0 saturated carbocycles. The number of nitrogens with one attached hydrogen (secondary N) is 2. The third-order valence-electron chi connectivity index (χ3n) is 9.39. The van der Waals surface area contributed by atoms with Gasteiger partial charge in [-0.25, -0.2) is 0 Å². The van der Waals surface area contributed by atoms with Gasteiger partial charge in [0, 0.05) is 40.9 Å². The molecule has 1 saturated heterocycles. The molecule has 0 aliphatic carbocycles. The largest absolute Gasteiger partial charge is 0.379 e. The first-order valence-electron chi connectivity index (χ1n) is 16.7. The number of carbonyl (C=O) groups is 4. The molecule has 0 aromatic rings. The van der Waals surface area contributed by atoms with Crippen LogP contribution >= 0.6 is 0 Å². The molecular formula is C33H64N6O6. The van der Waals surface area contributed by atoms with Crippen LogP contribution in [-0.4, -0.2) is 130 Å². The molecule has 1 heterocycles. The van der Waals surface area contributed by atoms with Gasteiger partial charge in [-0.05, 0) is 44.7 Å². The second-order valence-electron chi connectivity index (χ2n) is 13.6. The lowest BCUT2D eigenvalue weighted by atomic mass is 9.89. The summed E-state index contributed by atoms with van der Waals surface area (Å²) < 4.78 is 11.8. The number of hydrogen-bond acceptors (Lipinski definition) is 8. The normalized spacial score (nSPS) is 20.0. The van der Waals surface area contributed by atoms with Gasteiger partial charge in [-0.15, -0.1) is 0 Å². The lowest BCUT2D eigenvalue weighted by molar-refractivity contribution is -0.148. The third kappa shape index (κ3) is 10.9. The lowest BCUT2D eigenvalue weighted by Crippen LogP contribution is -2.59. The van der Waals surface area contributed by atoms with Gasteiger partial charge in [0.25, 0.3) is 0 Å². The van der Waals surface area contributed by atoms with E-state index in [0.29, 0.717) is 19.6 Å². The predicted octanol–water partition coefficient (Wildman–Crippen LogP) is 1.71. The molecule has 1 aliphatic heterocycles. The number of rotatable bonds is 19. The van der Waals surface area contributed by atoms with Crippen LogP contribution < -0.4 is 16.4 Å². The Morgan fingerprint density at radius 2 is 1.58 bits per heavy atom. The van der Waals surface area contributed by atoms with E-state index in [2.05, 4.69) is 17.6 Å². The molecular weight excluding hydrogens is 576 g/mol. The zero-order valence-corrected chi connectivity index (χ0v) is 30.1. The fourth-order valence-corrected chi connectivity index (χ4v) is 6.77. The summed E-state index contributed by atoms with van der Waals surface area (Å²) in [5.74, 6) is -1.21. The van der Waals surface area contributed by atoms with Gasteiger partial charge in [0.05, 0.1) is 42.7 Å². The first-order valence-corrected chi connectivity index (χ1v) is 16.7. The number of amides is 4. The number of nitrogens with two attached hydrogens (primary N) is 1. The van der Waals surface area contributed by atoms with Gasteiger partial charge in [-0.1, -0.05) is 54.9 Å². The van der Waals surface area contributed by atoms with Crippen molar-refractivity contribution in [3.05, 3.63) is 0 Å². The number of methoxy groups -OCH3 is 2. The topological polar surface area (TPSA) is 147 Å². The fourth-order valence-electron chi connectivity index (χ4n) is 6.77. The van der Waals surface area contributed by atoms with Crippen molar-refractivity contribution in [3.63, 3.8) is 0 Å². The number of carbonyl (C=O) groups excluding carboxylic acids is 4. The van der Waals surface area contributed by atoms with Gasteiger partial charge < -0.3 is 35.6 Å². The van der Waals surface area contributed by atoms with Gasteiger partial charge in [0.1, 0.15) is 6.04 Å². The van der Waals surface area contributed by atoms with E-state index < -0.39 is 30.2 Å². The van der Waals surface area contributed by atoms with Crippen LogP contribution in [0.25, 0.3) is 0 Å². The SMILES string of the molecule is CC[C@H](C)[C@@H]([C@@H](CC(=O)N1CCC[C@H]1[C@H](OC)[C@@H](C)C(=O)NCCN)OC)N(C)C(=O)[C@@H](NC(=O)[C@H](C(C)C)N(C)C)C(C)C. The van der Waals surface area contributed by atoms with Crippen molar-refractivity contribution < 1.29 is 28.7 Å². The summed E-state index contributed by atoms with van der Waals surface area (Å²) in [6.45, 7) is 15.0. The van der Waals surface area contributed by atoms with E-state index >= 15 is 0 Å². The lowest BCUT2D eigenvalue weighted by Gasteiger charge is -2.41. The molecule has 0 radical (unpaired) electrons. The van der Waals surface area contributed by atoms with Gasteiger partial charge in [0.15, 0.2) is 0 Å². The Hall–Kier alpha value is -2.28. The Balaban J connectivity index is 3.25. The van der Waals surface area contributed by atoms with Crippen LogP contribution in [0.4, 0.5) is 0 Å². The minimum Gasteiger partial charge on any atom is -0.379 e. The van der Waals surface area contributed by atoms with Crippen LogP contribution in [0.3, 0.4) is 0 Å². The van der Waals surface area contributed by atoms with Crippen molar-refractivity contribution in [1.82, 2.24) is 25.3 Å². The number of ether oxygens (including phenoxy) is 2. The zero-order chi connectivity index (χ0) is 34.6. The molecule has 0 spiro atoms. The van der Waals surface area contributed by atoms with Crippen molar-refractivity contribution in [2.45, 2.75) is 111 Å². The van der Waals surface area contributed by atoms with Crippen LogP contribution in [0.15, 0.2) is 0 Å². The fraction of sp³-hybridized carbons (Fsp3) is 0.879. The van der Waals surface area contributed by atoms with Crippen LogP contribution in [0, 0.1) is 23.7 Å². The maximum absolute atomic E-state index is 14.1. The van der Waals surface area contributed by atoms with Crippen LogP contribution in [0.5, 0.6) is 0 Å². The summed E-state index contributed by atoms with van der Waals surface area (Å²) in [7, 11) is 8.60. The summed E-state index contributed by atoms with van der Waals surface area (Å²) in [5.41, 5.74) is 5.55. The number of hydrogen-bond donors (Lipinski definition) is 3. The second kappa shape index (κ2) is 19.4. The van der Waals surface area contributed by atoms with E-state index in [4.69, 9.17) is 15.2 Å². The van der Waals surface area contributed by atoms with Crippen molar-refractivity contribution in [1.29, 1.82) is 0 Å². The highest BCUT2D eigenvalue weighted by molar-refractivity contribution is 5.90. The Kier molecular flexibility index (Phi) is 17.6. The van der Waals surface area contributed by atoms with E-state index in [-0.39, 0.29) is 59.9 Å². The van der Waals surface area contributed by atoms with Crippen molar-refractivity contribution in [2.75, 3.05) is 55.0 Å². The highest BCUT2D eigenvalue weighted by atomic mass is 16.5. The monoisotopic (exact) mass is 640 g/mol. The third-order valence-corrected chi connectivity index (χ3v) is 9.39. The second-order valence-corrected chi connectivity index (χ2v) is 13.6. The summed E-state index contributed by atoms with van der Waals surface area (Å²) >= 11 is 0. The predicted molar refractivity (Wildman–Crippen MR) is 177 cm³/mol. The first-order chi connectivity index (χ1) is 21.1. The number of likely N-dealkylation sites (N-methyl/N-ethyl adjacent to an activating group) is 2. The molecule has 12 heteroatoms. The average molecular weight is 641 g/mol. The molecule has 1 rings (SSSR count). The van der Waals surface area contributed by atoms with E-state index in [1.165, 1.54) is 0 Å². The quantitative estimate of drug-likeness (QED) is 0.194. The molecule has 0 bridgehead atoms. The summed E-state index contributed by atoms with van der Waals surface area (Å²) in [6, 6.07) is -1.78. The Bertz CT molecular complexity index is 939. The van der Waals surface area contributed by atoms with Crippen molar-refractivity contribution >= 4 is 23.6 Å². The molecule has 4 N–H and O–H groups in total. The summed E-state index contributed by atoms with van der Waals surface area (Å²) in [6.07, 6.45) is 1.30. The van der Waals surface area contributed by atoms with Gasteiger partial charge in [0.2, 0.25) is 23.6 Å². The molecule has 45 heavy (non-hydrogen) atoms. The molecule has 4 amide bonds. The Morgan fingerprint density at radius 1 is 0.956 bits per heavy atom. The van der Waals surface area contributed by atoms with E-state index in [9.17, 15) is 19.2 Å². The first kappa shape index (κ1) is 40.7. The van der Waals surface area contributed by atoms with E-state index in [1.54, 1.807) is 26.2 Å². The molecule has 1 fully saturated rings. The summed E-state index contributed by atoms with van der Waals surface area (Å²) in [5, 5.41) is 5.85. The van der Waals surface area contributed by atoms with Crippen LogP contribution in [-0.2, 0) is 28.7 Å². The smallest absolute Gasteiger partial charge is 0.245 e. The molecule has 0 aromatic heterocycles. The van der Waals surface area contributed by atoms with Crippen molar-refractivity contribution in [3.8, 4) is 0 Å². The maximum atomic E-state index is 14.1. The molecule has 1 aliphatic rings. The standard InChI is InChI=1S/C33H64N6O6/c1-13-22(6)29(38(10)33(43)27(20(2)3)36-32(42)28(21(4)5)37(8)9)25(44-11)19-26(40)39-18-14-15-24(39)30(45-12)23(7)31(41)35-17-16-34/h20-25,27-30H,13-19,34H2,1-12H3,(H,35,41)(H,36,42)/t22-,23+,24-,25+,27-,28-,29-,30+/m0/s1. The molecule has 12 nitrogen and oxygen atoms in total. The van der Waals surface area contributed by atoms with Gasteiger partial charge in [-0.2, -0.15) is 0 Å².